The fraction of sp³-hybridized carbons (Fsp3) is 1.00. The van der Waals surface area contributed by atoms with Gasteiger partial charge in [0.25, 0.3) is 0 Å². The zero-order valence-corrected chi connectivity index (χ0v) is 8.42. The molecule has 1 heterocycles. The number of ether oxygens (including phenoxy) is 2. The van der Waals surface area contributed by atoms with E-state index < -0.39 is 0 Å². The fourth-order valence-electron chi connectivity index (χ4n) is 1.80. The lowest BCUT2D eigenvalue weighted by Crippen LogP contribution is -2.29. The van der Waals surface area contributed by atoms with Crippen molar-refractivity contribution in [2.75, 3.05) is 19.8 Å². The van der Waals surface area contributed by atoms with E-state index in [2.05, 4.69) is 6.92 Å². The lowest BCUT2D eigenvalue weighted by atomic mass is 10.0. The van der Waals surface area contributed by atoms with Gasteiger partial charge in [-0.2, -0.15) is 0 Å². The van der Waals surface area contributed by atoms with E-state index in [0.717, 1.165) is 45.3 Å². The van der Waals surface area contributed by atoms with Crippen molar-refractivity contribution in [1.29, 1.82) is 0 Å². The first kappa shape index (κ1) is 11.0. The predicted octanol–water partition coefficient (Wildman–Crippen LogP) is 1.69. The molecule has 13 heavy (non-hydrogen) atoms. The van der Waals surface area contributed by atoms with E-state index in [1.807, 2.05) is 0 Å². The van der Waals surface area contributed by atoms with Gasteiger partial charge in [-0.25, -0.2) is 0 Å². The molecule has 1 rings (SSSR count). The molecule has 0 aliphatic carbocycles. The molecule has 0 spiro atoms. The summed E-state index contributed by atoms with van der Waals surface area (Å²) in [5.74, 6) is -0.316. The highest BCUT2D eigenvalue weighted by Crippen LogP contribution is 2.30. The van der Waals surface area contributed by atoms with E-state index in [1.165, 1.54) is 0 Å². The first-order valence-corrected chi connectivity index (χ1v) is 5.22. The summed E-state index contributed by atoms with van der Waals surface area (Å²) in [5, 5.41) is 8.67. The molecule has 78 valence electrons. The first-order valence-electron chi connectivity index (χ1n) is 5.22. The van der Waals surface area contributed by atoms with Crippen LogP contribution >= 0.6 is 0 Å². The summed E-state index contributed by atoms with van der Waals surface area (Å²) in [6.45, 7) is 3.85. The van der Waals surface area contributed by atoms with Crippen molar-refractivity contribution >= 4 is 0 Å². The number of aliphatic hydroxyl groups is 1. The second-order valence-electron chi connectivity index (χ2n) is 3.54. The molecule has 0 aromatic rings. The molecule has 1 aliphatic heterocycles. The van der Waals surface area contributed by atoms with Crippen LogP contribution in [0, 0.1) is 0 Å². The molecule has 3 nitrogen and oxygen atoms in total. The maximum absolute atomic E-state index is 8.67. The Balaban J connectivity index is 2.28. The molecule has 0 unspecified atom stereocenters. The zero-order valence-electron chi connectivity index (χ0n) is 8.42. The maximum atomic E-state index is 8.67. The number of hydrogen-bond acceptors (Lipinski definition) is 3. The van der Waals surface area contributed by atoms with Gasteiger partial charge in [-0.05, 0) is 12.8 Å². The molecular weight excluding hydrogens is 168 g/mol. The molecule has 0 bridgehead atoms. The van der Waals surface area contributed by atoms with Crippen molar-refractivity contribution in [2.45, 2.75) is 44.8 Å². The third-order valence-corrected chi connectivity index (χ3v) is 2.41. The highest BCUT2D eigenvalue weighted by Gasteiger charge is 2.34. The molecule has 1 fully saturated rings. The fourth-order valence-corrected chi connectivity index (χ4v) is 1.80. The van der Waals surface area contributed by atoms with Crippen molar-refractivity contribution in [3.05, 3.63) is 0 Å². The Hall–Kier alpha value is -0.120. The van der Waals surface area contributed by atoms with E-state index in [-0.39, 0.29) is 12.4 Å². The largest absolute Gasteiger partial charge is 0.396 e. The molecule has 1 aliphatic rings. The van der Waals surface area contributed by atoms with Crippen LogP contribution in [0.2, 0.25) is 0 Å². The van der Waals surface area contributed by atoms with E-state index >= 15 is 0 Å². The minimum absolute atomic E-state index is 0.266. The van der Waals surface area contributed by atoms with Gasteiger partial charge in [-0.3, -0.25) is 0 Å². The standard InChI is InChI=1S/C10H20O3/c1-2-5-10(6-3-4-7-11)12-8-9-13-10/h11H,2-9H2,1H3. The molecule has 0 amide bonds. The van der Waals surface area contributed by atoms with Gasteiger partial charge in [0.15, 0.2) is 5.79 Å². The van der Waals surface area contributed by atoms with E-state index in [0.29, 0.717) is 0 Å². The number of unbranched alkanes of at least 4 members (excludes halogenated alkanes) is 1. The minimum Gasteiger partial charge on any atom is -0.396 e. The van der Waals surface area contributed by atoms with Crippen molar-refractivity contribution in [3.8, 4) is 0 Å². The van der Waals surface area contributed by atoms with Gasteiger partial charge in [-0.15, -0.1) is 0 Å². The molecule has 3 heteroatoms. The van der Waals surface area contributed by atoms with Crippen molar-refractivity contribution < 1.29 is 14.6 Å². The predicted molar refractivity (Wildman–Crippen MR) is 50.5 cm³/mol. The number of hydrogen-bond donors (Lipinski definition) is 1. The van der Waals surface area contributed by atoms with Crippen LogP contribution in [0.25, 0.3) is 0 Å². The monoisotopic (exact) mass is 188 g/mol. The SMILES string of the molecule is CCCC1(CCCCO)OCCO1. The van der Waals surface area contributed by atoms with Crippen LogP contribution in [0.5, 0.6) is 0 Å². The minimum atomic E-state index is -0.316. The topological polar surface area (TPSA) is 38.7 Å². The summed E-state index contributed by atoms with van der Waals surface area (Å²) in [6.07, 6.45) is 4.80. The Morgan fingerprint density at radius 1 is 1.15 bits per heavy atom. The Labute approximate surface area is 80.0 Å². The molecule has 0 atom stereocenters. The van der Waals surface area contributed by atoms with Crippen molar-refractivity contribution in [2.24, 2.45) is 0 Å². The molecule has 0 saturated carbocycles. The summed E-state index contributed by atoms with van der Waals surface area (Å²) in [7, 11) is 0. The van der Waals surface area contributed by atoms with Gasteiger partial charge < -0.3 is 14.6 Å². The highest BCUT2D eigenvalue weighted by atomic mass is 16.7. The smallest absolute Gasteiger partial charge is 0.168 e. The van der Waals surface area contributed by atoms with Crippen LogP contribution in [0.3, 0.4) is 0 Å². The third kappa shape index (κ3) is 3.25. The summed E-state index contributed by atoms with van der Waals surface area (Å²) < 4.78 is 11.2. The second-order valence-corrected chi connectivity index (χ2v) is 3.54. The van der Waals surface area contributed by atoms with Gasteiger partial charge in [0.05, 0.1) is 13.2 Å². The summed E-state index contributed by atoms with van der Waals surface area (Å²) >= 11 is 0. The average molecular weight is 188 g/mol. The molecule has 1 saturated heterocycles. The van der Waals surface area contributed by atoms with E-state index in [9.17, 15) is 0 Å². The van der Waals surface area contributed by atoms with E-state index in [4.69, 9.17) is 14.6 Å². The van der Waals surface area contributed by atoms with Gasteiger partial charge in [0.1, 0.15) is 0 Å². The number of aliphatic hydroxyl groups excluding tert-OH is 1. The van der Waals surface area contributed by atoms with Crippen LogP contribution in [-0.2, 0) is 9.47 Å². The lowest BCUT2D eigenvalue weighted by molar-refractivity contribution is -0.168. The Morgan fingerprint density at radius 2 is 1.85 bits per heavy atom. The lowest BCUT2D eigenvalue weighted by Gasteiger charge is -2.26. The van der Waals surface area contributed by atoms with Crippen molar-refractivity contribution in [1.82, 2.24) is 0 Å². The van der Waals surface area contributed by atoms with E-state index in [1.54, 1.807) is 0 Å². The zero-order chi connectivity index (χ0) is 9.57. The third-order valence-electron chi connectivity index (χ3n) is 2.41. The summed E-state index contributed by atoms with van der Waals surface area (Å²) in [6, 6.07) is 0. The summed E-state index contributed by atoms with van der Waals surface area (Å²) in [5.41, 5.74) is 0. The van der Waals surface area contributed by atoms with Gasteiger partial charge in [-0.1, -0.05) is 13.3 Å². The van der Waals surface area contributed by atoms with Gasteiger partial charge in [0.2, 0.25) is 0 Å². The maximum Gasteiger partial charge on any atom is 0.168 e. The van der Waals surface area contributed by atoms with Gasteiger partial charge >= 0.3 is 0 Å². The quantitative estimate of drug-likeness (QED) is 0.645. The molecule has 0 aromatic heterocycles. The van der Waals surface area contributed by atoms with Gasteiger partial charge in [0, 0.05) is 19.4 Å². The Morgan fingerprint density at radius 3 is 2.38 bits per heavy atom. The average Bonchev–Trinajstić information content (AvgIpc) is 2.55. The molecule has 1 N–H and O–H groups in total. The molecule has 0 radical (unpaired) electrons. The number of rotatable bonds is 6. The normalized spacial score (nSPS) is 20.8. The Bertz CT molecular complexity index is 130. The second kappa shape index (κ2) is 5.58. The van der Waals surface area contributed by atoms with Crippen molar-refractivity contribution in [3.63, 3.8) is 0 Å². The van der Waals surface area contributed by atoms with Crippen LogP contribution in [-0.4, -0.2) is 30.7 Å². The first-order chi connectivity index (χ1) is 6.33. The van der Waals surface area contributed by atoms with Crippen LogP contribution in [0.4, 0.5) is 0 Å². The highest BCUT2D eigenvalue weighted by molar-refractivity contribution is 4.73. The Kier molecular flexibility index (Phi) is 4.70. The van der Waals surface area contributed by atoms with Crippen LogP contribution in [0.1, 0.15) is 39.0 Å². The van der Waals surface area contributed by atoms with Crippen LogP contribution in [0.15, 0.2) is 0 Å². The molecular formula is C10H20O3. The molecule has 0 aromatic carbocycles. The summed E-state index contributed by atoms with van der Waals surface area (Å²) in [4.78, 5) is 0. The van der Waals surface area contributed by atoms with Crippen LogP contribution < -0.4 is 0 Å².